The van der Waals surface area contributed by atoms with Gasteiger partial charge >= 0.3 is 0 Å². The molecule has 1 spiro atoms. The maximum atomic E-state index is 12.1. The van der Waals surface area contributed by atoms with Crippen LogP contribution in [0.15, 0.2) is 18.2 Å². The summed E-state index contributed by atoms with van der Waals surface area (Å²) in [6.45, 7) is 8.16. The van der Waals surface area contributed by atoms with Crippen LogP contribution in [-0.2, 0) is 20.8 Å². The van der Waals surface area contributed by atoms with Crippen LogP contribution < -0.4 is 0 Å². The van der Waals surface area contributed by atoms with Crippen molar-refractivity contribution in [3.05, 3.63) is 29.6 Å². The minimum absolute atomic E-state index is 0.0828. The molecule has 1 amide bonds. The first kappa shape index (κ1) is 17.9. The van der Waals surface area contributed by atoms with Crippen LogP contribution in [0.25, 0.3) is 0 Å². The van der Waals surface area contributed by atoms with E-state index >= 15 is 0 Å². The summed E-state index contributed by atoms with van der Waals surface area (Å²) < 4.78 is 11.9. The van der Waals surface area contributed by atoms with E-state index in [-0.39, 0.29) is 18.1 Å². The summed E-state index contributed by atoms with van der Waals surface area (Å²) >= 11 is 0. The molecule has 1 unspecified atom stereocenters. The van der Waals surface area contributed by atoms with Gasteiger partial charge < -0.3 is 14.4 Å². The number of likely N-dealkylation sites (tertiary alicyclic amines) is 2. The summed E-state index contributed by atoms with van der Waals surface area (Å²) in [7, 11) is 0. The smallest absolute Gasteiger partial charge is 0.248 e. The Labute approximate surface area is 155 Å². The predicted octanol–water partition coefficient (Wildman–Crippen LogP) is 1.62. The van der Waals surface area contributed by atoms with Gasteiger partial charge in [-0.15, -0.1) is 0 Å². The van der Waals surface area contributed by atoms with Crippen LogP contribution in [-0.4, -0.2) is 72.3 Å². The fourth-order valence-corrected chi connectivity index (χ4v) is 4.46. The highest BCUT2D eigenvalue weighted by Crippen LogP contribution is 2.40. The average Bonchev–Trinajstić information content (AvgIpc) is 3.24. The number of nitrogens with zero attached hydrogens (tertiary/aromatic N) is 3. The Hall–Kier alpha value is -1.50. The van der Waals surface area contributed by atoms with Crippen molar-refractivity contribution in [2.45, 2.75) is 38.3 Å². The Morgan fingerprint density at radius 1 is 1.35 bits per heavy atom. The number of rotatable bonds is 6. The Balaban J connectivity index is 1.23. The molecule has 0 saturated carbocycles. The van der Waals surface area contributed by atoms with Crippen molar-refractivity contribution in [1.29, 1.82) is 0 Å². The summed E-state index contributed by atoms with van der Waals surface area (Å²) in [6, 6.07) is 6.17. The second kappa shape index (κ2) is 7.62. The molecule has 1 aromatic rings. The minimum Gasteiger partial charge on any atom is -0.372 e. The summed E-state index contributed by atoms with van der Waals surface area (Å²) in [5, 5.41) is 0. The lowest BCUT2D eigenvalue weighted by Gasteiger charge is -2.50. The summed E-state index contributed by atoms with van der Waals surface area (Å²) in [5.41, 5.74) is 2.09. The fraction of sp³-hybridized carbons (Fsp3) is 0.700. The summed E-state index contributed by atoms with van der Waals surface area (Å²) in [5.74, 6) is 0.520. The van der Waals surface area contributed by atoms with Crippen LogP contribution in [0.1, 0.15) is 30.7 Å². The van der Waals surface area contributed by atoms with Gasteiger partial charge in [-0.3, -0.25) is 14.7 Å². The molecule has 4 rings (SSSR count). The average molecular weight is 359 g/mol. The quantitative estimate of drug-likeness (QED) is 0.773. The second-order valence-electron chi connectivity index (χ2n) is 7.92. The van der Waals surface area contributed by atoms with Crippen LogP contribution in [0.2, 0.25) is 0 Å². The third kappa shape index (κ3) is 3.77. The summed E-state index contributed by atoms with van der Waals surface area (Å²) in [6.07, 6.45) is 3.27. The number of hydrogen-bond donors (Lipinski definition) is 0. The van der Waals surface area contributed by atoms with Gasteiger partial charge in [0.2, 0.25) is 5.91 Å². The molecule has 3 saturated heterocycles. The minimum atomic E-state index is -0.0828. The number of carbonyl (C=O) groups is 1. The molecule has 142 valence electrons. The Kier molecular flexibility index (Phi) is 5.25. The molecule has 1 atom stereocenters. The molecule has 3 fully saturated rings. The number of aromatic nitrogens is 1. The molecule has 0 radical (unpaired) electrons. The number of aryl methyl sites for hydroxylation is 1. The number of hydrogen-bond acceptors (Lipinski definition) is 5. The molecule has 6 heteroatoms. The van der Waals surface area contributed by atoms with Crippen molar-refractivity contribution in [2.24, 2.45) is 5.92 Å². The first-order chi connectivity index (χ1) is 12.6. The molecular weight excluding hydrogens is 330 g/mol. The lowest BCUT2D eigenvalue weighted by atomic mass is 9.81. The monoisotopic (exact) mass is 359 g/mol. The van der Waals surface area contributed by atoms with Crippen LogP contribution in [0.4, 0.5) is 0 Å². The van der Waals surface area contributed by atoms with E-state index in [9.17, 15) is 4.79 Å². The van der Waals surface area contributed by atoms with Gasteiger partial charge in [-0.2, -0.15) is 0 Å². The Bertz CT molecular complexity index is 639. The second-order valence-corrected chi connectivity index (χ2v) is 7.92. The lowest BCUT2D eigenvalue weighted by molar-refractivity contribution is -0.151. The highest BCUT2D eigenvalue weighted by Gasteiger charge is 2.52. The van der Waals surface area contributed by atoms with Crippen molar-refractivity contribution in [3.8, 4) is 0 Å². The zero-order chi connectivity index (χ0) is 18.0. The van der Waals surface area contributed by atoms with Crippen LogP contribution in [0.3, 0.4) is 0 Å². The first-order valence-corrected chi connectivity index (χ1v) is 9.79. The zero-order valence-corrected chi connectivity index (χ0v) is 15.7. The molecule has 6 nitrogen and oxygen atoms in total. The van der Waals surface area contributed by atoms with Gasteiger partial charge in [0.1, 0.15) is 6.61 Å². The van der Waals surface area contributed by atoms with Crippen LogP contribution >= 0.6 is 0 Å². The van der Waals surface area contributed by atoms with Crippen molar-refractivity contribution in [3.63, 3.8) is 0 Å². The SMILES string of the molecule is Cc1cccc(CN2CC3(C2)OCCC3COCC(=O)N2CCCC2)n1. The lowest BCUT2D eigenvalue weighted by Crippen LogP contribution is -2.64. The van der Waals surface area contributed by atoms with Gasteiger partial charge in [0.25, 0.3) is 0 Å². The molecule has 3 aliphatic rings. The molecule has 3 aliphatic heterocycles. The highest BCUT2D eigenvalue weighted by atomic mass is 16.5. The highest BCUT2D eigenvalue weighted by molar-refractivity contribution is 5.77. The van der Waals surface area contributed by atoms with Gasteiger partial charge in [0.15, 0.2) is 0 Å². The standard InChI is InChI=1S/C20H29N3O3/c1-16-5-4-6-18(21-16)11-22-14-20(15-22)17(7-10-26-20)12-25-13-19(24)23-8-2-3-9-23/h4-6,17H,2-3,7-15H2,1H3. The zero-order valence-electron chi connectivity index (χ0n) is 15.7. The maximum absolute atomic E-state index is 12.1. The normalized spacial score (nSPS) is 25.0. The van der Waals surface area contributed by atoms with E-state index in [1.54, 1.807) is 0 Å². The number of pyridine rings is 1. The van der Waals surface area contributed by atoms with E-state index in [4.69, 9.17) is 9.47 Å². The predicted molar refractivity (Wildman–Crippen MR) is 97.7 cm³/mol. The van der Waals surface area contributed by atoms with E-state index in [0.717, 1.165) is 70.0 Å². The first-order valence-electron chi connectivity index (χ1n) is 9.79. The number of ether oxygens (including phenoxy) is 2. The van der Waals surface area contributed by atoms with Crippen molar-refractivity contribution in [2.75, 3.05) is 46.0 Å². The molecule has 26 heavy (non-hydrogen) atoms. The van der Waals surface area contributed by atoms with Crippen molar-refractivity contribution in [1.82, 2.24) is 14.8 Å². The van der Waals surface area contributed by atoms with E-state index in [0.29, 0.717) is 12.5 Å². The fourth-order valence-electron chi connectivity index (χ4n) is 4.46. The topological polar surface area (TPSA) is 54.9 Å². The number of amides is 1. The van der Waals surface area contributed by atoms with Gasteiger partial charge in [-0.05, 0) is 38.3 Å². The molecule has 1 aromatic heterocycles. The van der Waals surface area contributed by atoms with E-state index in [1.807, 2.05) is 17.9 Å². The van der Waals surface area contributed by atoms with Gasteiger partial charge in [0.05, 0.1) is 17.9 Å². The molecule has 0 aromatic carbocycles. The van der Waals surface area contributed by atoms with E-state index in [1.165, 1.54) is 0 Å². The number of carbonyl (C=O) groups excluding carboxylic acids is 1. The summed E-state index contributed by atoms with van der Waals surface area (Å²) in [4.78, 5) is 21.0. The van der Waals surface area contributed by atoms with Crippen LogP contribution in [0.5, 0.6) is 0 Å². The third-order valence-corrected chi connectivity index (χ3v) is 5.92. The largest absolute Gasteiger partial charge is 0.372 e. The van der Waals surface area contributed by atoms with Crippen molar-refractivity contribution < 1.29 is 14.3 Å². The molecule has 4 heterocycles. The third-order valence-electron chi connectivity index (χ3n) is 5.92. The van der Waals surface area contributed by atoms with Gasteiger partial charge in [-0.1, -0.05) is 6.07 Å². The molecule has 0 bridgehead atoms. The van der Waals surface area contributed by atoms with E-state index in [2.05, 4.69) is 22.0 Å². The molecule has 0 N–H and O–H groups in total. The van der Waals surface area contributed by atoms with Gasteiger partial charge in [0, 0.05) is 50.9 Å². The maximum Gasteiger partial charge on any atom is 0.248 e. The van der Waals surface area contributed by atoms with E-state index < -0.39 is 0 Å². The molecule has 0 aliphatic carbocycles. The Morgan fingerprint density at radius 2 is 2.15 bits per heavy atom. The van der Waals surface area contributed by atoms with Crippen LogP contribution in [0, 0.1) is 12.8 Å². The van der Waals surface area contributed by atoms with Crippen molar-refractivity contribution >= 4 is 5.91 Å². The molecular formula is C20H29N3O3. The Morgan fingerprint density at radius 3 is 2.92 bits per heavy atom. The van der Waals surface area contributed by atoms with Gasteiger partial charge in [-0.25, -0.2) is 0 Å².